The van der Waals surface area contributed by atoms with E-state index in [4.69, 9.17) is 0 Å². The molecule has 0 atom stereocenters. The predicted octanol–water partition coefficient (Wildman–Crippen LogP) is 1.52. The van der Waals surface area contributed by atoms with Crippen molar-refractivity contribution in [3.63, 3.8) is 0 Å². The van der Waals surface area contributed by atoms with Crippen molar-refractivity contribution in [2.75, 3.05) is 6.61 Å². The number of halogens is 3. The number of rotatable bonds is 5. The van der Waals surface area contributed by atoms with E-state index < -0.39 is 28.2 Å². The summed E-state index contributed by atoms with van der Waals surface area (Å²) < 4.78 is 67.2. The third-order valence-electron chi connectivity index (χ3n) is 1.93. The molecule has 0 saturated heterocycles. The molecule has 7 nitrogen and oxygen atoms in total. The van der Waals surface area contributed by atoms with Gasteiger partial charge in [-0.25, -0.2) is 18.6 Å². The average Bonchev–Trinajstić information content (AvgIpc) is 2.36. The Balaban J connectivity index is 2.74. The number of carbonyl (C=O) groups is 1. The quantitative estimate of drug-likeness (QED) is 0.800. The molecule has 0 radical (unpaired) electrons. The van der Waals surface area contributed by atoms with Crippen molar-refractivity contribution in [3.05, 3.63) is 24.3 Å². The molecule has 1 aromatic carbocycles. The summed E-state index contributed by atoms with van der Waals surface area (Å²) in [6.45, 7) is 1.56. The zero-order valence-electron chi connectivity index (χ0n) is 10.6. The minimum absolute atomic E-state index is 0.0387. The Bertz CT molecular complexity index is 586. The lowest BCUT2D eigenvalue weighted by Crippen LogP contribution is -2.41. The number of benzene rings is 1. The summed E-state index contributed by atoms with van der Waals surface area (Å²) in [6, 6.07) is 3.42. The van der Waals surface area contributed by atoms with Crippen LogP contribution < -0.4 is 15.0 Å². The van der Waals surface area contributed by atoms with Gasteiger partial charge in [0.15, 0.2) is 0 Å². The highest BCUT2D eigenvalue weighted by Crippen LogP contribution is 2.23. The number of hydrogen-bond acceptors (Lipinski definition) is 5. The van der Waals surface area contributed by atoms with Crippen LogP contribution in [0.3, 0.4) is 0 Å². The van der Waals surface area contributed by atoms with Crippen molar-refractivity contribution in [1.82, 2.24) is 10.3 Å². The Labute approximate surface area is 118 Å². The second-order valence-electron chi connectivity index (χ2n) is 3.47. The number of amides is 1. The van der Waals surface area contributed by atoms with Crippen molar-refractivity contribution in [3.8, 4) is 5.75 Å². The molecule has 1 rings (SSSR count). The maximum Gasteiger partial charge on any atom is 0.573 e. The number of carbonyl (C=O) groups excluding carboxylic acids is 1. The SMILES string of the molecule is CCOC(=O)NNS(=O)(=O)c1ccc(OC(F)(F)F)cc1. The topological polar surface area (TPSA) is 93.7 Å². The van der Waals surface area contributed by atoms with E-state index in [1.165, 1.54) is 6.92 Å². The molecule has 0 saturated carbocycles. The van der Waals surface area contributed by atoms with E-state index >= 15 is 0 Å². The van der Waals surface area contributed by atoms with Crippen LogP contribution in [0.5, 0.6) is 5.75 Å². The van der Waals surface area contributed by atoms with Crippen LogP contribution in [0.15, 0.2) is 29.2 Å². The highest BCUT2D eigenvalue weighted by atomic mass is 32.2. The first-order valence-corrected chi connectivity index (χ1v) is 6.93. The molecule has 21 heavy (non-hydrogen) atoms. The lowest BCUT2D eigenvalue weighted by atomic mass is 10.3. The Morgan fingerprint density at radius 1 is 1.24 bits per heavy atom. The number of nitrogens with one attached hydrogen (secondary N) is 2. The van der Waals surface area contributed by atoms with Crippen molar-refractivity contribution in [2.45, 2.75) is 18.2 Å². The second-order valence-corrected chi connectivity index (χ2v) is 5.15. The second kappa shape index (κ2) is 6.63. The fourth-order valence-corrected chi connectivity index (χ4v) is 1.99. The number of alkyl halides is 3. The first-order valence-electron chi connectivity index (χ1n) is 5.44. The van der Waals surface area contributed by atoms with Crippen LogP contribution in [0.4, 0.5) is 18.0 Å². The molecule has 0 spiro atoms. The maximum atomic E-state index is 11.9. The molecular formula is C10H11F3N2O5S. The summed E-state index contributed by atoms with van der Waals surface area (Å²) in [5.74, 6) is -0.570. The Kier molecular flexibility index (Phi) is 5.38. The van der Waals surface area contributed by atoms with Gasteiger partial charge in [0.1, 0.15) is 5.75 Å². The van der Waals surface area contributed by atoms with E-state index in [1.807, 2.05) is 0 Å². The predicted molar refractivity (Wildman–Crippen MR) is 63.6 cm³/mol. The van der Waals surface area contributed by atoms with Gasteiger partial charge in [-0.3, -0.25) is 0 Å². The van der Waals surface area contributed by atoms with Crippen molar-refractivity contribution in [2.24, 2.45) is 0 Å². The standard InChI is InChI=1S/C10H11F3N2O5S/c1-2-19-9(16)14-15-21(17,18)8-5-3-7(4-6-8)20-10(11,12)13/h3-6,15H,2H2,1H3,(H,14,16). The summed E-state index contributed by atoms with van der Waals surface area (Å²) in [5, 5.41) is 0. The fraction of sp³-hybridized carbons (Fsp3) is 0.300. The first-order chi connectivity index (χ1) is 9.64. The van der Waals surface area contributed by atoms with Crippen molar-refractivity contribution >= 4 is 16.1 Å². The number of hydrazine groups is 1. The van der Waals surface area contributed by atoms with Crippen LogP contribution >= 0.6 is 0 Å². The van der Waals surface area contributed by atoms with Crippen molar-refractivity contribution < 1.29 is 35.9 Å². The van der Waals surface area contributed by atoms with Gasteiger partial charge in [-0.1, -0.05) is 0 Å². The smallest absolute Gasteiger partial charge is 0.449 e. The molecule has 0 heterocycles. The van der Waals surface area contributed by atoms with Crippen molar-refractivity contribution in [1.29, 1.82) is 0 Å². The highest BCUT2D eigenvalue weighted by molar-refractivity contribution is 7.89. The average molecular weight is 328 g/mol. The van der Waals surface area contributed by atoms with E-state index in [0.29, 0.717) is 0 Å². The Hall–Kier alpha value is -2.01. The molecule has 1 amide bonds. The molecule has 1 aromatic rings. The molecule has 0 bridgehead atoms. The van der Waals surface area contributed by atoms with Gasteiger partial charge in [0.2, 0.25) is 0 Å². The number of ether oxygens (including phenoxy) is 2. The summed E-state index contributed by atoms with van der Waals surface area (Å²) in [4.78, 5) is 12.3. The van der Waals surface area contributed by atoms with E-state index in [2.05, 4.69) is 9.47 Å². The lowest BCUT2D eigenvalue weighted by molar-refractivity contribution is -0.274. The molecule has 0 unspecified atom stereocenters. The molecule has 11 heteroatoms. The van der Waals surface area contributed by atoms with Gasteiger partial charge in [0.25, 0.3) is 10.0 Å². The van der Waals surface area contributed by atoms with Crippen LogP contribution in [-0.2, 0) is 14.8 Å². The van der Waals surface area contributed by atoms with Gasteiger partial charge in [0.05, 0.1) is 11.5 Å². The molecule has 0 aliphatic heterocycles. The van der Waals surface area contributed by atoms with Gasteiger partial charge >= 0.3 is 12.5 Å². The molecular weight excluding hydrogens is 317 g/mol. The normalized spacial score (nSPS) is 11.8. The van der Waals surface area contributed by atoms with Gasteiger partial charge in [-0.05, 0) is 31.2 Å². The van der Waals surface area contributed by atoms with Gasteiger partial charge in [-0.2, -0.15) is 0 Å². The highest BCUT2D eigenvalue weighted by Gasteiger charge is 2.31. The van der Waals surface area contributed by atoms with E-state index in [1.54, 1.807) is 10.3 Å². The molecule has 0 aliphatic carbocycles. The summed E-state index contributed by atoms with van der Waals surface area (Å²) in [6.07, 6.45) is -5.89. The first kappa shape index (κ1) is 17.0. The molecule has 0 aromatic heterocycles. The van der Waals surface area contributed by atoms with Crippen LogP contribution in [0.1, 0.15) is 6.92 Å². The molecule has 0 fully saturated rings. The zero-order valence-corrected chi connectivity index (χ0v) is 11.4. The minimum Gasteiger partial charge on any atom is -0.449 e. The monoisotopic (exact) mass is 328 g/mol. The third kappa shape index (κ3) is 5.87. The van der Waals surface area contributed by atoms with Crippen LogP contribution in [-0.4, -0.2) is 27.5 Å². The summed E-state index contributed by atoms with van der Waals surface area (Å²) in [7, 11) is -4.13. The van der Waals surface area contributed by atoms with E-state index in [0.717, 1.165) is 24.3 Å². The number of sulfonamides is 1. The molecule has 2 N–H and O–H groups in total. The van der Waals surface area contributed by atoms with E-state index in [-0.39, 0.29) is 11.5 Å². The molecule has 118 valence electrons. The lowest BCUT2D eigenvalue weighted by Gasteiger charge is -2.10. The van der Waals surface area contributed by atoms with Gasteiger partial charge < -0.3 is 9.47 Å². The largest absolute Gasteiger partial charge is 0.573 e. The fourth-order valence-electron chi connectivity index (χ4n) is 1.16. The molecule has 0 aliphatic rings. The van der Waals surface area contributed by atoms with E-state index in [9.17, 15) is 26.4 Å². The third-order valence-corrected chi connectivity index (χ3v) is 3.19. The number of hydrogen-bond donors (Lipinski definition) is 2. The summed E-state index contributed by atoms with van der Waals surface area (Å²) >= 11 is 0. The van der Waals surface area contributed by atoms with Gasteiger partial charge in [-0.15, -0.1) is 18.0 Å². The van der Waals surface area contributed by atoms with Crippen LogP contribution in [0.25, 0.3) is 0 Å². The van der Waals surface area contributed by atoms with Gasteiger partial charge in [0, 0.05) is 0 Å². The van der Waals surface area contributed by atoms with Crippen LogP contribution in [0, 0.1) is 0 Å². The van der Waals surface area contributed by atoms with Crippen LogP contribution in [0.2, 0.25) is 0 Å². The Morgan fingerprint density at radius 3 is 2.29 bits per heavy atom. The minimum atomic E-state index is -4.87. The summed E-state index contributed by atoms with van der Waals surface area (Å²) in [5.41, 5.74) is 1.76. The Morgan fingerprint density at radius 2 is 1.81 bits per heavy atom. The zero-order chi connectivity index (χ0) is 16.1. The maximum absolute atomic E-state index is 11.9.